The molecule has 5 heteroatoms. The van der Waals surface area contributed by atoms with Crippen molar-refractivity contribution >= 4 is 5.91 Å². The zero-order valence-corrected chi connectivity index (χ0v) is 9.90. The fraction of sp³-hybridized carbons (Fsp3) is 0.462. The summed E-state index contributed by atoms with van der Waals surface area (Å²) in [6.45, 7) is 0. The molecule has 0 aromatic heterocycles. The van der Waals surface area contributed by atoms with Crippen molar-refractivity contribution in [2.75, 3.05) is 0 Å². The van der Waals surface area contributed by atoms with Gasteiger partial charge in [0.25, 0.3) is 5.91 Å². The van der Waals surface area contributed by atoms with Gasteiger partial charge in [-0.05, 0) is 25.0 Å². The molecule has 1 amide bonds. The number of phenolic OH excluding ortho intramolecular Hbond substituents is 1. The van der Waals surface area contributed by atoms with Gasteiger partial charge < -0.3 is 15.5 Å². The molecule has 4 nitrogen and oxygen atoms in total. The number of aliphatic hydroxyl groups excluding tert-OH is 1. The van der Waals surface area contributed by atoms with Crippen molar-refractivity contribution in [3.05, 3.63) is 29.6 Å². The van der Waals surface area contributed by atoms with E-state index in [0.717, 1.165) is 18.9 Å². The zero-order chi connectivity index (χ0) is 13.1. The molecule has 98 valence electrons. The summed E-state index contributed by atoms with van der Waals surface area (Å²) in [5, 5.41) is 21.8. The van der Waals surface area contributed by atoms with Gasteiger partial charge in [0.1, 0.15) is 17.1 Å². The van der Waals surface area contributed by atoms with Crippen molar-refractivity contribution in [2.24, 2.45) is 0 Å². The molecule has 2 atom stereocenters. The van der Waals surface area contributed by atoms with E-state index in [1.807, 2.05) is 0 Å². The number of carbonyl (C=O) groups excluding carboxylic acids is 1. The first-order valence-corrected chi connectivity index (χ1v) is 6.06. The van der Waals surface area contributed by atoms with Gasteiger partial charge in [-0.2, -0.15) is 0 Å². The van der Waals surface area contributed by atoms with Crippen molar-refractivity contribution in [3.8, 4) is 5.75 Å². The van der Waals surface area contributed by atoms with Crippen LogP contribution in [0, 0.1) is 5.82 Å². The molecule has 18 heavy (non-hydrogen) atoms. The summed E-state index contributed by atoms with van der Waals surface area (Å²) >= 11 is 0. The number of aliphatic hydroxyl groups is 1. The Morgan fingerprint density at radius 2 is 2.06 bits per heavy atom. The molecule has 0 heterocycles. The predicted molar refractivity (Wildman–Crippen MR) is 63.8 cm³/mol. The van der Waals surface area contributed by atoms with Crippen LogP contribution in [0.25, 0.3) is 0 Å². The van der Waals surface area contributed by atoms with Crippen LogP contribution >= 0.6 is 0 Å². The van der Waals surface area contributed by atoms with Gasteiger partial charge >= 0.3 is 0 Å². The lowest BCUT2D eigenvalue weighted by Crippen LogP contribution is -2.45. The van der Waals surface area contributed by atoms with Crippen LogP contribution < -0.4 is 5.32 Å². The highest BCUT2D eigenvalue weighted by atomic mass is 19.1. The van der Waals surface area contributed by atoms with Gasteiger partial charge in [-0.3, -0.25) is 4.79 Å². The third kappa shape index (κ3) is 2.61. The third-order valence-corrected chi connectivity index (χ3v) is 3.26. The molecule has 3 N–H and O–H groups in total. The van der Waals surface area contributed by atoms with E-state index >= 15 is 0 Å². The SMILES string of the molecule is O=C(N[C@@H]1CCCC[C@H]1O)c1c(O)cccc1F. The Kier molecular flexibility index (Phi) is 3.81. The molecule has 1 aliphatic rings. The Labute approximate surface area is 104 Å². The van der Waals surface area contributed by atoms with Crippen molar-refractivity contribution in [1.82, 2.24) is 5.32 Å². The van der Waals surface area contributed by atoms with Crippen LogP contribution in [-0.2, 0) is 0 Å². The molecule has 0 aliphatic heterocycles. The van der Waals surface area contributed by atoms with E-state index in [-0.39, 0.29) is 11.6 Å². The first kappa shape index (κ1) is 12.8. The van der Waals surface area contributed by atoms with Crippen LogP contribution in [0.1, 0.15) is 36.0 Å². The summed E-state index contributed by atoms with van der Waals surface area (Å²) in [6, 6.07) is 3.34. The normalized spacial score (nSPS) is 23.7. The minimum atomic E-state index is -0.766. The monoisotopic (exact) mass is 253 g/mol. The molecule has 1 fully saturated rings. The van der Waals surface area contributed by atoms with E-state index in [1.165, 1.54) is 12.1 Å². The minimum Gasteiger partial charge on any atom is -0.507 e. The van der Waals surface area contributed by atoms with Crippen LogP contribution in [0.5, 0.6) is 5.75 Å². The highest BCUT2D eigenvalue weighted by Crippen LogP contribution is 2.22. The molecule has 2 rings (SSSR count). The number of benzene rings is 1. The highest BCUT2D eigenvalue weighted by molar-refractivity contribution is 5.97. The molecule has 0 spiro atoms. The molecule has 1 saturated carbocycles. The smallest absolute Gasteiger partial charge is 0.258 e. The molecule has 0 saturated heterocycles. The summed E-state index contributed by atoms with van der Waals surface area (Å²) < 4.78 is 13.5. The Balaban J connectivity index is 2.12. The van der Waals surface area contributed by atoms with Gasteiger partial charge in [-0.1, -0.05) is 18.9 Å². The number of nitrogens with one attached hydrogen (secondary N) is 1. The number of halogens is 1. The topological polar surface area (TPSA) is 69.6 Å². The molecular formula is C13H16FNO3. The van der Waals surface area contributed by atoms with Gasteiger partial charge in [-0.15, -0.1) is 0 Å². The Morgan fingerprint density at radius 1 is 1.33 bits per heavy atom. The average molecular weight is 253 g/mol. The fourth-order valence-electron chi connectivity index (χ4n) is 2.26. The second-order valence-corrected chi connectivity index (χ2v) is 4.57. The van der Waals surface area contributed by atoms with Crippen molar-refractivity contribution in [3.63, 3.8) is 0 Å². The van der Waals surface area contributed by atoms with Crippen molar-refractivity contribution < 1.29 is 19.4 Å². The number of phenols is 1. The maximum absolute atomic E-state index is 13.5. The quantitative estimate of drug-likeness (QED) is 0.749. The standard InChI is InChI=1S/C13H16FNO3/c14-8-4-3-7-11(17)12(8)13(18)15-9-5-1-2-6-10(9)16/h3-4,7,9-10,16-17H,1-2,5-6H2,(H,15,18)/t9-,10-/m1/s1. The van der Waals surface area contributed by atoms with Crippen LogP contribution in [0.2, 0.25) is 0 Å². The van der Waals surface area contributed by atoms with E-state index in [9.17, 15) is 19.4 Å². The van der Waals surface area contributed by atoms with Gasteiger partial charge in [0.2, 0.25) is 0 Å². The predicted octanol–water partition coefficient (Wildman–Crippen LogP) is 1.56. The van der Waals surface area contributed by atoms with Crippen LogP contribution in [0.4, 0.5) is 4.39 Å². The second kappa shape index (κ2) is 5.35. The van der Waals surface area contributed by atoms with Crippen LogP contribution in [-0.4, -0.2) is 28.3 Å². The van der Waals surface area contributed by atoms with Gasteiger partial charge in [0, 0.05) is 0 Å². The summed E-state index contributed by atoms with van der Waals surface area (Å²) in [5.41, 5.74) is -0.365. The molecule has 1 aromatic rings. The largest absolute Gasteiger partial charge is 0.507 e. The van der Waals surface area contributed by atoms with Crippen LogP contribution in [0.3, 0.4) is 0 Å². The van der Waals surface area contributed by atoms with Crippen molar-refractivity contribution in [1.29, 1.82) is 0 Å². The molecule has 0 unspecified atom stereocenters. The van der Waals surface area contributed by atoms with Gasteiger partial charge in [0.15, 0.2) is 0 Å². The second-order valence-electron chi connectivity index (χ2n) is 4.57. The number of hydrogen-bond donors (Lipinski definition) is 3. The minimum absolute atomic E-state index is 0.365. The van der Waals surface area contributed by atoms with Gasteiger partial charge in [-0.25, -0.2) is 4.39 Å². The molecular weight excluding hydrogens is 237 g/mol. The highest BCUT2D eigenvalue weighted by Gasteiger charge is 2.26. The van der Waals surface area contributed by atoms with Gasteiger partial charge in [0.05, 0.1) is 12.1 Å². The van der Waals surface area contributed by atoms with E-state index in [2.05, 4.69) is 5.32 Å². The van der Waals surface area contributed by atoms with E-state index in [0.29, 0.717) is 12.8 Å². The van der Waals surface area contributed by atoms with E-state index < -0.39 is 23.6 Å². The first-order valence-electron chi connectivity index (χ1n) is 6.06. The molecule has 1 aromatic carbocycles. The molecule has 1 aliphatic carbocycles. The number of hydrogen-bond acceptors (Lipinski definition) is 3. The fourth-order valence-corrected chi connectivity index (χ4v) is 2.26. The van der Waals surface area contributed by atoms with Crippen LogP contribution in [0.15, 0.2) is 18.2 Å². The molecule has 0 radical (unpaired) electrons. The maximum Gasteiger partial charge on any atom is 0.258 e. The lowest BCUT2D eigenvalue weighted by Gasteiger charge is -2.28. The van der Waals surface area contributed by atoms with E-state index in [1.54, 1.807) is 0 Å². The Bertz CT molecular complexity index is 430. The number of carbonyl (C=O) groups is 1. The third-order valence-electron chi connectivity index (χ3n) is 3.26. The number of rotatable bonds is 2. The number of amides is 1. The lowest BCUT2D eigenvalue weighted by molar-refractivity contribution is 0.0712. The Morgan fingerprint density at radius 3 is 2.72 bits per heavy atom. The van der Waals surface area contributed by atoms with Crippen molar-refractivity contribution in [2.45, 2.75) is 37.8 Å². The summed E-state index contributed by atoms with van der Waals surface area (Å²) in [4.78, 5) is 11.9. The summed E-state index contributed by atoms with van der Waals surface area (Å²) in [5.74, 6) is -1.84. The maximum atomic E-state index is 13.5. The number of aromatic hydroxyl groups is 1. The summed E-state index contributed by atoms with van der Waals surface area (Å²) in [6.07, 6.45) is 2.55. The lowest BCUT2D eigenvalue weighted by atomic mass is 9.92. The summed E-state index contributed by atoms with van der Waals surface area (Å²) in [7, 11) is 0. The van der Waals surface area contributed by atoms with E-state index in [4.69, 9.17) is 0 Å². The average Bonchev–Trinajstić information content (AvgIpc) is 2.32. The Hall–Kier alpha value is -1.62. The zero-order valence-electron chi connectivity index (χ0n) is 9.90. The molecule has 0 bridgehead atoms. The first-order chi connectivity index (χ1) is 8.59.